The highest BCUT2D eigenvalue weighted by atomic mass is 32.2. The summed E-state index contributed by atoms with van der Waals surface area (Å²) in [6.07, 6.45) is 0. The Balaban J connectivity index is 2.43. The van der Waals surface area contributed by atoms with Crippen molar-refractivity contribution in [2.75, 3.05) is 11.8 Å². The van der Waals surface area contributed by atoms with Crippen molar-refractivity contribution in [1.29, 1.82) is 0 Å². The highest BCUT2D eigenvalue weighted by Crippen LogP contribution is 2.22. The predicted octanol–water partition coefficient (Wildman–Crippen LogP) is 2.72. The van der Waals surface area contributed by atoms with Gasteiger partial charge in [-0.05, 0) is 37.3 Å². The molecule has 0 saturated carbocycles. The number of benzene rings is 2. The number of sulfonamides is 1. The van der Waals surface area contributed by atoms with Crippen LogP contribution in [-0.2, 0) is 14.8 Å². The predicted molar refractivity (Wildman–Crippen MR) is 79.7 cm³/mol. The summed E-state index contributed by atoms with van der Waals surface area (Å²) in [7, 11) is -2.78. The first-order valence-electron chi connectivity index (χ1n) is 6.31. The molecule has 0 spiro atoms. The van der Waals surface area contributed by atoms with Gasteiger partial charge in [0.05, 0.1) is 23.3 Å². The van der Waals surface area contributed by atoms with Gasteiger partial charge in [0.2, 0.25) is 0 Å². The van der Waals surface area contributed by atoms with Crippen molar-refractivity contribution < 1.29 is 22.3 Å². The van der Waals surface area contributed by atoms with Crippen LogP contribution in [0.1, 0.15) is 15.9 Å². The molecular weight excluding hydrogens is 309 g/mol. The molecule has 0 amide bonds. The molecule has 0 saturated heterocycles. The Morgan fingerprint density at radius 1 is 1.14 bits per heavy atom. The molecule has 1 N–H and O–H groups in total. The molecule has 0 radical (unpaired) electrons. The van der Waals surface area contributed by atoms with Crippen molar-refractivity contribution in [1.82, 2.24) is 0 Å². The third kappa shape index (κ3) is 3.43. The van der Waals surface area contributed by atoms with E-state index in [4.69, 9.17) is 0 Å². The maximum absolute atomic E-state index is 13.4. The number of nitrogens with one attached hydrogen (secondary N) is 1. The first kappa shape index (κ1) is 16.0. The Hall–Kier alpha value is -2.41. The zero-order chi connectivity index (χ0) is 16.3. The molecule has 0 aliphatic carbocycles. The van der Waals surface area contributed by atoms with Crippen molar-refractivity contribution in [3.8, 4) is 0 Å². The van der Waals surface area contributed by atoms with Crippen molar-refractivity contribution in [3.63, 3.8) is 0 Å². The number of methoxy groups -OCH3 is 1. The van der Waals surface area contributed by atoms with E-state index in [0.29, 0.717) is 0 Å². The van der Waals surface area contributed by atoms with Crippen LogP contribution in [-0.4, -0.2) is 21.5 Å². The van der Waals surface area contributed by atoms with Gasteiger partial charge in [0, 0.05) is 0 Å². The minimum absolute atomic E-state index is 0.0122. The summed E-state index contributed by atoms with van der Waals surface area (Å²) >= 11 is 0. The standard InChI is InChI=1S/C15H14FNO4S/c1-10-3-6-12(7-4-10)22(19,20)17-14-9-11(16)5-8-13(14)15(18)21-2/h3-9,17H,1-2H3. The Bertz CT molecular complexity index is 801. The summed E-state index contributed by atoms with van der Waals surface area (Å²) in [5, 5.41) is 0. The van der Waals surface area contributed by atoms with Gasteiger partial charge in [0.15, 0.2) is 0 Å². The molecule has 0 unspecified atom stereocenters. The Morgan fingerprint density at radius 2 is 1.77 bits per heavy atom. The summed E-state index contributed by atoms with van der Waals surface area (Å²) in [6, 6.07) is 9.27. The number of carbonyl (C=O) groups excluding carboxylic acids is 1. The average molecular weight is 323 g/mol. The number of hydrogen-bond donors (Lipinski definition) is 1. The third-order valence-corrected chi connectivity index (χ3v) is 4.34. The van der Waals surface area contributed by atoms with Gasteiger partial charge in [-0.25, -0.2) is 17.6 Å². The molecular formula is C15H14FNO4S. The van der Waals surface area contributed by atoms with Crippen LogP contribution in [0.4, 0.5) is 10.1 Å². The number of anilines is 1. The van der Waals surface area contributed by atoms with Gasteiger partial charge in [-0.3, -0.25) is 4.72 Å². The molecule has 0 heterocycles. The van der Waals surface area contributed by atoms with E-state index in [1.165, 1.54) is 12.1 Å². The molecule has 116 valence electrons. The van der Waals surface area contributed by atoms with Gasteiger partial charge in [0.1, 0.15) is 5.82 Å². The molecule has 0 bridgehead atoms. The zero-order valence-electron chi connectivity index (χ0n) is 12.0. The van der Waals surface area contributed by atoms with Gasteiger partial charge < -0.3 is 4.74 Å². The minimum atomic E-state index is -3.94. The molecule has 2 rings (SSSR count). The second kappa shape index (κ2) is 6.15. The van der Waals surface area contributed by atoms with Gasteiger partial charge in [-0.1, -0.05) is 17.7 Å². The van der Waals surface area contributed by atoms with Crippen LogP contribution in [0.25, 0.3) is 0 Å². The largest absolute Gasteiger partial charge is 0.465 e. The second-order valence-corrected chi connectivity index (χ2v) is 6.28. The van der Waals surface area contributed by atoms with Gasteiger partial charge in [-0.15, -0.1) is 0 Å². The van der Waals surface area contributed by atoms with Crippen LogP contribution in [0.15, 0.2) is 47.4 Å². The fourth-order valence-electron chi connectivity index (χ4n) is 1.81. The van der Waals surface area contributed by atoms with E-state index in [2.05, 4.69) is 9.46 Å². The lowest BCUT2D eigenvalue weighted by atomic mass is 10.2. The van der Waals surface area contributed by atoms with Crippen LogP contribution < -0.4 is 4.72 Å². The summed E-state index contributed by atoms with van der Waals surface area (Å²) in [4.78, 5) is 11.6. The molecule has 0 atom stereocenters. The fourth-order valence-corrected chi connectivity index (χ4v) is 2.88. The van der Waals surface area contributed by atoms with E-state index >= 15 is 0 Å². The SMILES string of the molecule is COC(=O)c1ccc(F)cc1NS(=O)(=O)c1ccc(C)cc1. The summed E-state index contributed by atoms with van der Waals surface area (Å²) < 4.78 is 44.7. The molecule has 0 aliphatic rings. The van der Waals surface area contributed by atoms with E-state index in [-0.39, 0.29) is 16.1 Å². The number of halogens is 1. The van der Waals surface area contributed by atoms with Crippen molar-refractivity contribution in [2.24, 2.45) is 0 Å². The van der Waals surface area contributed by atoms with Crippen molar-refractivity contribution in [3.05, 3.63) is 59.4 Å². The zero-order valence-corrected chi connectivity index (χ0v) is 12.8. The Morgan fingerprint density at radius 3 is 2.36 bits per heavy atom. The number of hydrogen-bond acceptors (Lipinski definition) is 4. The normalized spacial score (nSPS) is 11.0. The van der Waals surface area contributed by atoms with Crippen molar-refractivity contribution in [2.45, 2.75) is 11.8 Å². The molecule has 2 aromatic rings. The summed E-state index contributed by atoms with van der Waals surface area (Å²) in [5.74, 6) is -1.43. The lowest BCUT2D eigenvalue weighted by molar-refractivity contribution is 0.0602. The van der Waals surface area contributed by atoms with Crippen LogP contribution in [0.5, 0.6) is 0 Å². The summed E-state index contributed by atoms with van der Waals surface area (Å²) in [6.45, 7) is 1.83. The smallest absolute Gasteiger partial charge is 0.339 e. The molecule has 0 aliphatic heterocycles. The molecule has 22 heavy (non-hydrogen) atoms. The third-order valence-electron chi connectivity index (χ3n) is 2.96. The quantitative estimate of drug-likeness (QED) is 0.878. The monoisotopic (exact) mass is 323 g/mol. The van der Waals surface area contributed by atoms with Gasteiger partial charge >= 0.3 is 5.97 Å². The first-order chi connectivity index (χ1) is 10.3. The first-order valence-corrected chi connectivity index (χ1v) is 7.79. The maximum atomic E-state index is 13.4. The van der Waals surface area contributed by atoms with Crippen LogP contribution in [0.2, 0.25) is 0 Å². The van der Waals surface area contributed by atoms with Crippen LogP contribution in [0, 0.1) is 12.7 Å². The molecule has 2 aromatic carbocycles. The molecule has 0 fully saturated rings. The van der Waals surface area contributed by atoms with Gasteiger partial charge in [0.25, 0.3) is 10.0 Å². The lowest BCUT2D eigenvalue weighted by Crippen LogP contribution is -2.16. The number of rotatable bonds is 4. The Kier molecular flexibility index (Phi) is 4.46. The molecule has 7 heteroatoms. The average Bonchev–Trinajstić information content (AvgIpc) is 2.46. The molecule has 5 nitrogen and oxygen atoms in total. The van der Waals surface area contributed by atoms with E-state index in [1.807, 2.05) is 6.92 Å². The lowest BCUT2D eigenvalue weighted by Gasteiger charge is -2.12. The number of aryl methyl sites for hydroxylation is 1. The Labute approximate surface area is 127 Å². The molecule has 0 aromatic heterocycles. The minimum Gasteiger partial charge on any atom is -0.465 e. The number of ether oxygens (including phenoxy) is 1. The van der Waals surface area contributed by atoms with E-state index in [9.17, 15) is 17.6 Å². The highest BCUT2D eigenvalue weighted by Gasteiger charge is 2.19. The van der Waals surface area contributed by atoms with Crippen molar-refractivity contribution >= 4 is 21.7 Å². The number of esters is 1. The topological polar surface area (TPSA) is 72.5 Å². The van der Waals surface area contributed by atoms with E-state index in [0.717, 1.165) is 30.9 Å². The second-order valence-electron chi connectivity index (χ2n) is 4.60. The summed E-state index contributed by atoms with van der Waals surface area (Å²) in [5.41, 5.74) is 0.659. The van der Waals surface area contributed by atoms with Crippen LogP contribution in [0.3, 0.4) is 0 Å². The fraction of sp³-hybridized carbons (Fsp3) is 0.133. The van der Waals surface area contributed by atoms with E-state index < -0.39 is 21.8 Å². The van der Waals surface area contributed by atoms with Crippen LogP contribution >= 0.6 is 0 Å². The number of carbonyl (C=O) groups is 1. The van der Waals surface area contributed by atoms with Gasteiger partial charge in [-0.2, -0.15) is 0 Å². The highest BCUT2D eigenvalue weighted by molar-refractivity contribution is 7.92. The van der Waals surface area contributed by atoms with E-state index in [1.54, 1.807) is 12.1 Å². The maximum Gasteiger partial charge on any atom is 0.339 e.